The molecule has 0 spiro atoms. The topological polar surface area (TPSA) is 30.9 Å². The predicted octanol–water partition coefficient (Wildman–Crippen LogP) is 3.45. The highest BCUT2D eigenvalue weighted by molar-refractivity contribution is 7.80. The van der Waals surface area contributed by atoms with Gasteiger partial charge < -0.3 is 19.1 Å². The van der Waals surface area contributed by atoms with Crippen molar-refractivity contribution >= 4 is 17.2 Å². The maximum atomic E-state index is 5.74. The molecule has 5 heteroatoms. The van der Waals surface area contributed by atoms with Crippen LogP contribution in [0.3, 0.4) is 0 Å². The number of rotatable bonds is 6. The molecule has 0 unspecified atom stereocenters. The molecular weight excluding hydrogens is 334 g/mol. The molecular formula is C20H23NO3S. The zero-order valence-corrected chi connectivity index (χ0v) is 15.5. The van der Waals surface area contributed by atoms with E-state index in [1.54, 1.807) is 14.2 Å². The minimum absolute atomic E-state index is 0.486. The average Bonchev–Trinajstić information content (AvgIpc) is 2.67. The summed E-state index contributed by atoms with van der Waals surface area (Å²) in [4.78, 5) is 3.09. The standard InChI is InChI=1S/C20H23NO3S/c1-22-11-12-24-18-8-7-16(13-19(18)23-2)20(25)21-10-9-15-5-3-4-6-17(15)14-21/h3-8,13H,9-12,14H2,1-2H3. The van der Waals surface area contributed by atoms with Gasteiger partial charge in [-0.3, -0.25) is 0 Å². The highest BCUT2D eigenvalue weighted by Crippen LogP contribution is 2.29. The van der Waals surface area contributed by atoms with Gasteiger partial charge in [0.25, 0.3) is 0 Å². The first-order valence-electron chi connectivity index (χ1n) is 8.38. The van der Waals surface area contributed by atoms with Crippen molar-refractivity contribution in [2.75, 3.05) is 34.0 Å². The Kier molecular flexibility index (Phi) is 5.89. The quantitative estimate of drug-likeness (QED) is 0.584. The second-order valence-corrected chi connectivity index (χ2v) is 6.34. The highest BCUT2D eigenvalue weighted by Gasteiger charge is 2.20. The van der Waals surface area contributed by atoms with Crippen LogP contribution in [0.1, 0.15) is 16.7 Å². The summed E-state index contributed by atoms with van der Waals surface area (Å²) in [5, 5.41) is 0. The van der Waals surface area contributed by atoms with Gasteiger partial charge in [0.05, 0.1) is 13.7 Å². The SMILES string of the molecule is COCCOc1ccc(C(=S)N2CCc3ccccc3C2)cc1OC. The average molecular weight is 357 g/mol. The van der Waals surface area contributed by atoms with E-state index in [0.29, 0.717) is 24.7 Å². The van der Waals surface area contributed by atoms with Crippen molar-refractivity contribution in [2.45, 2.75) is 13.0 Å². The van der Waals surface area contributed by atoms with Gasteiger partial charge in [0.2, 0.25) is 0 Å². The van der Waals surface area contributed by atoms with Crippen LogP contribution in [0.15, 0.2) is 42.5 Å². The molecule has 3 rings (SSSR count). The van der Waals surface area contributed by atoms with Crippen LogP contribution in [0.5, 0.6) is 11.5 Å². The molecule has 0 fully saturated rings. The number of fused-ring (bicyclic) bond motifs is 1. The first kappa shape index (κ1) is 17.7. The van der Waals surface area contributed by atoms with Crippen molar-refractivity contribution in [2.24, 2.45) is 0 Å². The first-order chi connectivity index (χ1) is 12.2. The van der Waals surface area contributed by atoms with E-state index in [0.717, 1.165) is 30.1 Å². The monoisotopic (exact) mass is 357 g/mol. The molecule has 0 aromatic heterocycles. The van der Waals surface area contributed by atoms with Gasteiger partial charge in [0.1, 0.15) is 11.6 Å². The molecule has 1 aliphatic rings. The molecule has 2 aromatic rings. The molecule has 2 aromatic carbocycles. The summed E-state index contributed by atoms with van der Waals surface area (Å²) in [5.41, 5.74) is 3.74. The predicted molar refractivity (Wildman–Crippen MR) is 103 cm³/mol. The van der Waals surface area contributed by atoms with Crippen molar-refractivity contribution in [3.8, 4) is 11.5 Å². The van der Waals surface area contributed by atoms with Gasteiger partial charge in [-0.2, -0.15) is 0 Å². The summed E-state index contributed by atoms with van der Waals surface area (Å²) >= 11 is 5.74. The van der Waals surface area contributed by atoms with E-state index in [9.17, 15) is 0 Å². The zero-order chi connectivity index (χ0) is 17.6. The van der Waals surface area contributed by atoms with Crippen LogP contribution in [0.25, 0.3) is 0 Å². The fraction of sp³-hybridized carbons (Fsp3) is 0.350. The Hall–Kier alpha value is -2.11. The summed E-state index contributed by atoms with van der Waals surface area (Å²) in [5.74, 6) is 1.39. The smallest absolute Gasteiger partial charge is 0.161 e. The van der Waals surface area contributed by atoms with Gasteiger partial charge in [-0.15, -0.1) is 0 Å². The number of hydrogen-bond acceptors (Lipinski definition) is 4. The Bertz CT molecular complexity index is 747. The summed E-state index contributed by atoms with van der Waals surface area (Å²) in [6, 6.07) is 14.4. The zero-order valence-electron chi connectivity index (χ0n) is 14.7. The van der Waals surface area contributed by atoms with Gasteiger partial charge in [0, 0.05) is 25.8 Å². The maximum absolute atomic E-state index is 5.74. The number of methoxy groups -OCH3 is 2. The van der Waals surface area contributed by atoms with Crippen LogP contribution >= 0.6 is 12.2 Å². The molecule has 4 nitrogen and oxygen atoms in total. The lowest BCUT2D eigenvalue weighted by atomic mass is 9.99. The van der Waals surface area contributed by atoms with Crippen LogP contribution in [0, 0.1) is 0 Å². The Labute approximate surface area is 154 Å². The van der Waals surface area contributed by atoms with Crippen LogP contribution in [-0.2, 0) is 17.7 Å². The van der Waals surface area contributed by atoms with Crippen molar-refractivity contribution < 1.29 is 14.2 Å². The molecule has 0 saturated heterocycles. The van der Waals surface area contributed by atoms with Crippen molar-refractivity contribution in [3.63, 3.8) is 0 Å². The molecule has 132 valence electrons. The van der Waals surface area contributed by atoms with E-state index < -0.39 is 0 Å². The molecule has 1 heterocycles. The van der Waals surface area contributed by atoms with Gasteiger partial charge in [-0.1, -0.05) is 36.5 Å². The number of thiocarbonyl (C=S) groups is 1. The lowest BCUT2D eigenvalue weighted by Gasteiger charge is -2.31. The fourth-order valence-corrected chi connectivity index (χ4v) is 3.29. The summed E-state index contributed by atoms with van der Waals surface area (Å²) < 4.78 is 16.2. The van der Waals surface area contributed by atoms with Crippen LogP contribution < -0.4 is 9.47 Å². The highest BCUT2D eigenvalue weighted by atomic mass is 32.1. The van der Waals surface area contributed by atoms with E-state index >= 15 is 0 Å². The van der Waals surface area contributed by atoms with Crippen LogP contribution in [-0.4, -0.2) is 43.9 Å². The second-order valence-electron chi connectivity index (χ2n) is 5.95. The molecule has 0 atom stereocenters. The lowest BCUT2D eigenvalue weighted by molar-refractivity contribution is 0.144. The third-order valence-corrected chi connectivity index (χ3v) is 4.87. The summed E-state index contributed by atoms with van der Waals surface area (Å²) in [6.07, 6.45) is 1.02. The minimum Gasteiger partial charge on any atom is -0.493 e. The number of nitrogens with zero attached hydrogens (tertiary/aromatic N) is 1. The number of hydrogen-bond donors (Lipinski definition) is 0. The van der Waals surface area contributed by atoms with E-state index in [1.165, 1.54) is 11.1 Å². The maximum Gasteiger partial charge on any atom is 0.161 e. The van der Waals surface area contributed by atoms with Crippen molar-refractivity contribution in [1.29, 1.82) is 0 Å². The number of benzene rings is 2. The van der Waals surface area contributed by atoms with Gasteiger partial charge in [-0.25, -0.2) is 0 Å². The Morgan fingerprint density at radius 2 is 1.84 bits per heavy atom. The molecule has 0 N–H and O–H groups in total. The molecule has 0 radical (unpaired) electrons. The largest absolute Gasteiger partial charge is 0.493 e. The molecule has 0 bridgehead atoms. The Morgan fingerprint density at radius 3 is 2.60 bits per heavy atom. The van der Waals surface area contributed by atoms with Crippen LogP contribution in [0.4, 0.5) is 0 Å². The Morgan fingerprint density at radius 1 is 1.04 bits per heavy atom. The molecule has 1 aliphatic heterocycles. The summed E-state index contributed by atoms with van der Waals surface area (Å²) in [6.45, 7) is 2.81. The second kappa shape index (κ2) is 8.32. The fourth-order valence-electron chi connectivity index (χ4n) is 3.01. The van der Waals surface area contributed by atoms with Crippen LogP contribution in [0.2, 0.25) is 0 Å². The lowest BCUT2D eigenvalue weighted by Crippen LogP contribution is -2.35. The van der Waals surface area contributed by atoms with E-state index in [2.05, 4.69) is 29.2 Å². The van der Waals surface area contributed by atoms with Gasteiger partial charge >= 0.3 is 0 Å². The molecule has 0 amide bonds. The van der Waals surface area contributed by atoms with E-state index in [1.807, 2.05) is 18.2 Å². The first-order valence-corrected chi connectivity index (χ1v) is 8.79. The van der Waals surface area contributed by atoms with Gasteiger partial charge in [-0.05, 0) is 35.7 Å². The number of ether oxygens (including phenoxy) is 3. The van der Waals surface area contributed by atoms with E-state index in [4.69, 9.17) is 26.4 Å². The summed E-state index contributed by atoms with van der Waals surface area (Å²) in [7, 11) is 3.29. The normalized spacial score (nSPS) is 13.3. The third kappa shape index (κ3) is 4.11. The third-order valence-electron chi connectivity index (χ3n) is 4.37. The van der Waals surface area contributed by atoms with Gasteiger partial charge in [0.15, 0.2) is 11.5 Å². The van der Waals surface area contributed by atoms with E-state index in [-0.39, 0.29) is 0 Å². The Balaban J connectivity index is 1.74. The van der Waals surface area contributed by atoms with Crippen molar-refractivity contribution in [1.82, 2.24) is 4.90 Å². The molecule has 0 saturated carbocycles. The molecule has 25 heavy (non-hydrogen) atoms. The van der Waals surface area contributed by atoms with Crippen molar-refractivity contribution in [3.05, 3.63) is 59.2 Å². The molecule has 0 aliphatic carbocycles. The minimum atomic E-state index is 0.486.